The molecule has 0 N–H and O–H groups in total. The van der Waals surface area contributed by atoms with Crippen molar-refractivity contribution in [2.45, 2.75) is 19.3 Å². The Kier molecular flexibility index (Phi) is 6.67. The Morgan fingerprint density at radius 2 is 1.85 bits per heavy atom. The highest BCUT2D eigenvalue weighted by atomic mass is 19.3. The number of nitrogens with zero attached hydrogens (tertiary/aromatic N) is 2. The first-order valence-electron chi connectivity index (χ1n) is 5.82. The van der Waals surface area contributed by atoms with Gasteiger partial charge in [-0.15, -0.1) is 0 Å². The summed E-state index contributed by atoms with van der Waals surface area (Å²) in [6.07, 6.45) is -2.90. The van der Waals surface area contributed by atoms with E-state index in [-0.39, 0.29) is 6.61 Å². The summed E-state index contributed by atoms with van der Waals surface area (Å²) < 4.78 is 57.9. The molecule has 0 atom stereocenters. The van der Waals surface area contributed by atoms with Gasteiger partial charge in [0, 0.05) is 20.3 Å². The second-order valence-electron chi connectivity index (χ2n) is 4.39. The van der Waals surface area contributed by atoms with Crippen LogP contribution in [0.4, 0.5) is 17.6 Å². The maximum Gasteiger partial charge on any atom is 0.389 e. The molecule has 0 aliphatic heterocycles. The summed E-state index contributed by atoms with van der Waals surface area (Å²) in [5.74, 6) is -5.54. The van der Waals surface area contributed by atoms with Crippen molar-refractivity contribution in [3.8, 4) is 0 Å². The quantitative estimate of drug-likeness (QED) is 0.246. The average molecular weight is 299 g/mol. The summed E-state index contributed by atoms with van der Waals surface area (Å²) >= 11 is 0. The minimum atomic E-state index is -4.46. The van der Waals surface area contributed by atoms with E-state index in [4.69, 9.17) is 0 Å². The molecule has 0 heterocycles. The van der Waals surface area contributed by atoms with Gasteiger partial charge in [0.15, 0.2) is 0 Å². The van der Waals surface area contributed by atoms with E-state index < -0.39 is 29.6 Å². The van der Waals surface area contributed by atoms with E-state index in [0.717, 1.165) is 24.9 Å². The van der Waals surface area contributed by atoms with E-state index in [2.05, 4.69) is 4.74 Å². The molecule has 0 fully saturated rings. The Balaban J connectivity index is 5.98. The van der Waals surface area contributed by atoms with E-state index in [1.54, 1.807) is 0 Å². The average Bonchev–Trinajstić information content (AvgIpc) is 2.26. The molecule has 0 saturated heterocycles. The van der Waals surface area contributed by atoms with Crippen molar-refractivity contribution in [1.29, 1.82) is 0 Å². The van der Waals surface area contributed by atoms with E-state index >= 15 is 0 Å². The van der Waals surface area contributed by atoms with Crippen molar-refractivity contribution in [1.82, 2.24) is 4.90 Å². The highest BCUT2D eigenvalue weighted by Crippen LogP contribution is 2.28. The van der Waals surface area contributed by atoms with Crippen molar-refractivity contribution < 1.29 is 31.7 Å². The lowest BCUT2D eigenvalue weighted by atomic mass is 10.0. The van der Waals surface area contributed by atoms with Crippen molar-refractivity contribution in [2.75, 3.05) is 34.8 Å². The Morgan fingerprint density at radius 3 is 2.15 bits per heavy atom. The van der Waals surface area contributed by atoms with E-state index in [1.165, 1.54) is 25.9 Å². The first-order valence-corrected chi connectivity index (χ1v) is 5.82. The Labute approximate surface area is 115 Å². The molecule has 0 aliphatic rings. The lowest BCUT2D eigenvalue weighted by Crippen LogP contribution is -2.44. The molecular weight excluding hydrogens is 280 g/mol. The number of carbonyl (C=O) groups excluding carboxylic acids is 1. The van der Waals surface area contributed by atoms with Crippen LogP contribution in [0.25, 0.3) is 0 Å². The largest absolute Gasteiger partial charge is 0.462 e. The third kappa shape index (κ3) is 4.50. The molecule has 0 rings (SSSR count). The van der Waals surface area contributed by atoms with Gasteiger partial charge in [-0.25, -0.2) is 18.2 Å². The predicted octanol–water partition coefficient (Wildman–Crippen LogP) is 1.61. The van der Waals surface area contributed by atoms with Crippen LogP contribution in [-0.4, -0.2) is 68.3 Å². The zero-order chi connectivity index (χ0) is 16.1. The molecule has 0 radical (unpaired) electrons. The number of halogens is 4. The van der Waals surface area contributed by atoms with Crippen LogP contribution >= 0.6 is 0 Å². The zero-order valence-corrected chi connectivity index (χ0v) is 12.1. The summed E-state index contributed by atoms with van der Waals surface area (Å²) in [7, 11) is 5.28. The smallest absolute Gasteiger partial charge is 0.389 e. The second kappa shape index (κ2) is 7.25. The van der Waals surface area contributed by atoms with Crippen molar-refractivity contribution in [2.24, 2.45) is 0 Å². The summed E-state index contributed by atoms with van der Waals surface area (Å²) in [5.41, 5.74) is -1.69. The van der Waals surface area contributed by atoms with Gasteiger partial charge in [-0.1, -0.05) is 0 Å². The van der Waals surface area contributed by atoms with Crippen LogP contribution in [0.2, 0.25) is 0 Å². The minimum absolute atomic E-state index is 0.0510. The molecule has 4 nitrogen and oxygen atoms in total. The number of carbonyl (C=O) groups is 1. The van der Waals surface area contributed by atoms with Gasteiger partial charge in [-0.3, -0.25) is 0 Å². The SMILES string of the molecule is CCOC(=O)/C(=C\N(C)C)C(=[N+](C)C)C(F)(F)C(F)F. The summed E-state index contributed by atoms with van der Waals surface area (Å²) in [6, 6.07) is 0. The van der Waals surface area contributed by atoms with E-state index in [1.807, 2.05) is 0 Å². The molecule has 0 saturated carbocycles. The fourth-order valence-corrected chi connectivity index (χ4v) is 1.50. The first-order chi connectivity index (χ1) is 9.05. The van der Waals surface area contributed by atoms with Gasteiger partial charge in [0.25, 0.3) is 5.71 Å². The molecule has 0 amide bonds. The number of rotatable bonds is 6. The van der Waals surface area contributed by atoms with Gasteiger partial charge in [0.05, 0.1) is 6.61 Å². The Bertz CT molecular complexity index is 414. The fraction of sp³-hybridized carbons (Fsp3) is 0.667. The third-order valence-electron chi connectivity index (χ3n) is 2.17. The van der Waals surface area contributed by atoms with Crippen LogP contribution in [-0.2, 0) is 9.53 Å². The summed E-state index contributed by atoms with van der Waals surface area (Å²) in [6.45, 7) is 1.44. The lowest BCUT2D eigenvalue weighted by molar-refractivity contribution is -0.471. The molecule has 0 aliphatic carbocycles. The third-order valence-corrected chi connectivity index (χ3v) is 2.17. The predicted molar refractivity (Wildman–Crippen MR) is 66.5 cm³/mol. The van der Waals surface area contributed by atoms with E-state index in [0.29, 0.717) is 0 Å². The molecule has 116 valence electrons. The van der Waals surface area contributed by atoms with Gasteiger partial charge in [0.2, 0.25) is 0 Å². The molecule has 0 bridgehead atoms. The number of hydrogen-bond donors (Lipinski definition) is 0. The molecule has 0 spiro atoms. The fourth-order valence-electron chi connectivity index (χ4n) is 1.50. The van der Waals surface area contributed by atoms with Gasteiger partial charge in [0.1, 0.15) is 19.7 Å². The summed E-state index contributed by atoms with van der Waals surface area (Å²) in [5, 5.41) is 0. The molecule has 0 aromatic carbocycles. The maximum absolute atomic E-state index is 13.7. The molecule has 8 heteroatoms. The van der Waals surface area contributed by atoms with Gasteiger partial charge in [-0.05, 0) is 6.92 Å². The van der Waals surface area contributed by atoms with Crippen molar-refractivity contribution in [3.05, 3.63) is 11.8 Å². The number of esters is 1. The molecule has 0 aromatic heterocycles. The number of alkyl halides is 4. The second-order valence-corrected chi connectivity index (χ2v) is 4.39. The molecule has 20 heavy (non-hydrogen) atoms. The van der Waals surface area contributed by atoms with Gasteiger partial charge < -0.3 is 9.64 Å². The van der Waals surface area contributed by atoms with Crippen molar-refractivity contribution >= 4 is 11.7 Å². The van der Waals surface area contributed by atoms with Crippen LogP contribution < -0.4 is 0 Å². The number of ether oxygens (including phenoxy) is 1. The van der Waals surface area contributed by atoms with Crippen molar-refractivity contribution in [3.63, 3.8) is 0 Å². The first kappa shape index (κ1) is 18.4. The summed E-state index contributed by atoms with van der Waals surface area (Å²) in [4.78, 5) is 13.1. The highest BCUT2D eigenvalue weighted by Gasteiger charge is 2.54. The van der Waals surface area contributed by atoms with Crippen LogP contribution in [0.5, 0.6) is 0 Å². The van der Waals surface area contributed by atoms with E-state index in [9.17, 15) is 22.4 Å². The Hall–Kier alpha value is -1.60. The molecule has 0 unspecified atom stereocenters. The number of hydrogen-bond acceptors (Lipinski definition) is 3. The van der Waals surface area contributed by atoms with Gasteiger partial charge >= 0.3 is 18.3 Å². The van der Waals surface area contributed by atoms with Crippen LogP contribution in [0.15, 0.2) is 11.8 Å². The normalized spacial score (nSPS) is 12.4. The molecule has 0 aromatic rings. The Morgan fingerprint density at radius 1 is 1.35 bits per heavy atom. The molecular formula is C12H19F4N2O2+. The zero-order valence-electron chi connectivity index (χ0n) is 12.1. The topological polar surface area (TPSA) is 32.5 Å². The van der Waals surface area contributed by atoms with Gasteiger partial charge in [-0.2, -0.15) is 8.78 Å². The van der Waals surface area contributed by atoms with Crippen LogP contribution in [0.1, 0.15) is 6.92 Å². The lowest BCUT2D eigenvalue weighted by Gasteiger charge is -2.18. The van der Waals surface area contributed by atoms with Crippen LogP contribution in [0, 0.1) is 0 Å². The minimum Gasteiger partial charge on any atom is -0.462 e. The van der Waals surface area contributed by atoms with Crippen LogP contribution in [0.3, 0.4) is 0 Å². The highest BCUT2D eigenvalue weighted by molar-refractivity contribution is 6.20. The maximum atomic E-state index is 13.7. The monoisotopic (exact) mass is 299 g/mol. The standard InChI is InChI=1S/C12H19F4N2O2/c1-6-20-10(19)8(7-17(2)3)9(18(4)5)12(15,16)11(13)14/h7,11H,6H2,1-5H3/q+1.